The van der Waals surface area contributed by atoms with Crippen LogP contribution in [0.1, 0.15) is 41.5 Å². The topological polar surface area (TPSA) is 58.2 Å². The fourth-order valence-corrected chi connectivity index (χ4v) is 2.25. The highest BCUT2D eigenvalue weighted by atomic mass is 35.5. The van der Waals surface area contributed by atoms with Gasteiger partial charge in [-0.1, -0.05) is 35.9 Å². The van der Waals surface area contributed by atoms with Crippen molar-refractivity contribution in [3.8, 4) is 0 Å². The number of hydrogen-bond acceptors (Lipinski definition) is 2. The lowest BCUT2D eigenvalue weighted by Gasteiger charge is -2.21. The molecule has 5 heteroatoms. The fourth-order valence-electron chi connectivity index (χ4n) is 2.03. The summed E-state index contributed by atoms with van der Waals surface area (Å²) >= 11 is 6.03. The normalized spacial score (nSPS) is 11.0. The van der Waals surface area contributed by atoms with Crippen LogP contribution in [0.25, 0.3) is 0 Å². The maximum Gasteiger partial charge on any atom is 0.257 e. The zero-order chi connectivity index (χ0) is 17.0. The van der Waals surface area contributed by atoms with Crippen molar-refractivity contribution in [1.82, 2.24) is 5.32 Å². The lowest BCUT2D eigenvalue weighted by atomic mass is 10.1. The van der Waals surface area contributed by atoms with Crippen LogP contribution in [0.5, 0.6) is 0 Å². The van der Waals surface area contributed by atoms with Crippen LogP contribution in [0, 0.1) is 0 Å². The van der Waals surface area contributed by atoms with Crippen molar-refractivity contribution in [2.45, 2.75) is 26.3 Å². The Labute approximate surface area is 140 Å². The van der Waals surface area contributed by atoms with Gasteiger partial charge in [-0.3, -0.25) is 9.59 Å². The Balaban J connectivity index is 2.26. The molecule has 0 aliphatic heterocycles. The van der Waals surface area contributed by atoms with Gasteiger partial charge < -0.3 is 10.6 Å². The number of carbonyl (C=O) groups excluding carboxylic acids is 2. The minimum Gasteiger partial charge on any atom is -0.347 e. The van der Waals surface area contributed by atoms with Crippen molar-refractivity contribution in [1.29, 1.82) is 0 Å². The molecule has 120 valence electrons. The molecule has 2 amide bonds. The molecule has 0 unspecified atom stereocenters. The van der Waals surface area contributed by atoms with Gasteiger partial charge in [0.25, 0.3) is 11.8 Å². The monoisotopic (exact) mass is 330 g/mol. The SMILES string of the molecule is CC(C)(C)NC(=O)c1ccccc1NC(=O)c1ccccc1Cl. The molecular formula is C18H19ClN2O2. The van der Waals surface area contributed by atoms with E-state index in [2.05, 4.69) is 10.6 Å². The first-order valence-electron chi connectivity index (χ1n) is 7.25. The first-order valence-corrected chi connectivity index (χ1v) is 7.63. The second-order valence-corrected chi connectivity index (χ2v) is 6.59. The highest BCUT2D eigenvalue weighted by Crippen LogP contribution is 2.20. The Morgan fingerprint density at radius 2 is 1.43 bits per heavy atom. The average molecular weight is 331 g/mol. The van der Waals surface area contributed by atoms with Crippen LogP contribution in [0.2, 0.25) is 5.02 Å². The van der Waals surface area contributed by atoms with Crippen molar-refractivity contribution in [3.63, 3.8) is 0 Å². The minimum atomic E-state index is -0.364. The molecule has 23 heavy (non-hydrogen) atoms. The van der Waals surface area contributed by atoms with Crippen LogP contribution in [0.4, 0.5) is 5.69 Å². The van der Waals surface area contributed by atoms with Crippen molar-refractivity contribution >= 4 is 29.1 Å². The van der Waals surface area contributed by atoms with E-state index >= 15 is 0 Å². The van der Waals surface area contributed by atoms with E-state index in [1.807, 2.05) is 20.8 Å². The van der Waals surface area contributed by atoms with Gasteiger partial charge in [0.05, 0.1) is 21.8 Å². The molecule has 2 rings (SSSR count). The Bertz CT molecular complexity index is 736. The third kappa shape index (κ3) is 4.57. The molecule has 0 radical (unpaired) electrons. The Kier molecular flexibility index (Phi) is 5.06. The summed E-state index contributed by atoms with van der Waals surface area (Å²) in [6.45, 7) is 5.70. The largest absolute Gasteiger partial charge is 0.347 e. The summed E-state index contributed by atoms with van der Waals surface area (Å²) in [6.07, 6.45) is 0. The first-order chi connectivity index (χ1) is 10.8. The van der Waals surface area contributed by atoms with Gasteiger partial charge in [-0.2, -0.15) is 0 Å². The lowest BCUT2D eigenvalue weighted by Crippen LogP contribution is -2.40. The van der Waals surface area contributed by atoms with Gasteiger partial charge in [-0.25, -0.2) is 0 Å². The molecule has 0 aromatic heterocycles. The Morgan fingerprint density at radius 3 is 2.04 bits per heavy atom. The number of anilines is 1. The van der Waals surface area contributed by atoms with E-state index in [4.69, 9.17) is 11.6 Å². The maximum absolute atomic E-state index is 12.4. The number of benzene rings is 2. The molecule has 0 atom stereocenters. The third-order valence-electron chi connectivity index (χ3n) is 3.03. The molecule has 2 aromatic carbocycles. The lowest BCUT2D eigenvalue weighted by molar-refractivity contribution is 0.0920. The van der Waals surface area contributed by atoms with Crippen LogP contribution >= 0.6 is 11.6 Å². The zero-order valence-electron chi connectivity index (χ0n) is 13.3. The molecule has 0 bridgehead atoms. The molecule has 0 saturated heterocycles. The van der Waals surface area contributed by atoms with E-state index in [1.54, 1.807) is 48.5 Å². The number of hydrogen-bond donors (Lipinski definition) is 2. The highest BCUT2D eigenvalue weighted by Gasteiger charge is 2.19. The van der Waals surface area contributed by atoms with Crippen LogP contribution in [-0.2, 0) is 0 Å². The zero-order valence-corrected chi connectivity index (χ0v) is 14.1. The quantitative estimate of drug-likeness (QED) is 0.889. The summed E-state index contributed by atoms with van der Waals surface area (Å²) < 4.78 is 0. The van der Waals surface area contributed by atoms with E-state index in [1.165, 1.54) is 0 Å². The standard InChI is InChI=1S/C18H19ClN2O2/c1-18(2,3)21-17(23)13-9-5-7-11-15(13)20-16(22)12-8-4-6-10-14(12)19/h4-11H,1-3H3,(H,20,22)(H,21,23). The molecule has 0 fully saturated rings. The Hall–Kier alpha value is -2.33. The van der Waals surface area contributed by atoms with Gasteiger partial charge in [-0.15, -0.1) is 0 Å². The number of rotatable bonds is 3. The van der Waals surface area contributed by atoms with E-state index < -0.39 is 0 Å². The number of amides is 2. The molecule has 0 aliphatic carbocycles. The van der Waals surface area contributed by atoms with E-state index in [-0.39, 0.29) is 17.4 Å². The smallest absolute Gasteiger partial charge is 0.257 e. The molecule has 0 spiro atoms. The molecule has 0 heterocycles. The first kappa shape index (κ1) is 17.0. The van der Waals surface area contributed by atoms with Gasteiger partial charge in [0.15, 0.2) is 0 Å². The predicted molar refractivity (Wildman–Crippen MR) is 93.1 cm³/mol. The summed E-state index contributed by atoms with van der Waals surface area (Å²) in [7, 11) is 0. The molecule has 0 saturated carbocycles. The van der Waals surface area contributed by atoms with E-state index in [0.29, 0.717) is 21.8 Å². The van der Waals surface area contributed by atoms with Gasteiger partial charge in [-0.05, 0) is 45.0 Å². The summed E-state index contributed by atoms with van der Waals surface area (Å²) in [5.41, 5.74) is 0.846. The maximum atomic E-state index is 12.4. The van der Waals surface area contributed by atoms with E-state index in [9.17, 15) is 9.59 Å². The van der Waals surface area contributed by atoms with Crippen molar-refractivity contribution in [3.05, 3.63) is 64.7 Å². The predicted octanol–water partition coefficient (Wildman–Crippen LogP) is 4.12. The minimum absolute atomic E-state index is 0.243. The molecular weight excluding hydrogens is 312 g/mol. The number of para-hydroxylation sites is 1. The molecule has 0 aliphatic rings. The van der Waals surface area contributed by atoms with Gasteiger partial charge >= 0.3 is 0 Å². The fraction of sp³-hybridized carbons (Fsp3) is 0.222. The summed E-state index contributed by atoms with van der Waals surface area (Å²) in [5.74, 6) is -0.598. The molecule has 2 aromatic rings. The molecule has 4 nitrogen and oxygen atoms in total. The molecule has 2 N–H and O–H groups in total. The number of carbonyl (C=O) groups is 2. The Morgan fingerprint density at radius 1 is 0.870 bits per heavy atom. The van der Waals surface area contributed by atoms with Crippen molar-refractivity contribution in [2.75, 3.05) is 5.32 Å². The summed E-state index contributed by atoms with van der Waals surface area (Å²) in [5, 5.41) is 6.00. The second kappa shape index (κ2) is 6.84. The van der Waals surface area contributed by atoms with Crippen LogP contribution in [0.15, 0.2) is 48.5 Å². The van der Waals surface area contributed by atoms with E-state index in [0.717, 1.165) is 0 Å². The number of halogens is 1. The van der Waals surface area contributed by atoms with Crippen LogP contribution in [0.3, 0.4) is 0 Å². The van der Waals surface area contributed by atoms with Gasteiger partial charge in [0.2, 0.25) is 0 Å². The van der Waals surface area contributed by atoms with Gasteiger partial charge in [0, 0.05) is 5.54 Å². The van der Waals surface area contributed by atoms with Crippen LogP contribution < -0.4 is 10.6 Å². The summed E-state index contributed by atoms with van der Waals surface area (Å²) in [4.78, 5) is 24.7. The third-order valence-corrected chi connectivity index (χ3v) is 3.36. The summed E-state index contributed by atoms with van der Waals surface area (Å²) in [6, 6.07) is 13.6. The highest BCUT2D eigenvalue weighted by molar-refractivity contribution is 6.34. The average Bonchev–Trinajstić information content (AvgIpc) is 2.46. The van der Waals surface area contributed by atoms with Crippen molar-refractivity contribution in [2.24, 2.45) is 0 Å². The van der Waals surface area contributed by atoms with Gasteiger partial charge in [0.1, 0.15) is 0 Å². The number of nitrogens with one attached hydrogen (secondary N) is 2. The van der Waals surface area contributed by atoms with Crippen LogP contribution in [-0.4, -0.2) is 17.4 Å². The second-order valence-electron chi connectivity index (χ2n) is 6.18. The van der Waals surface area contributed by atoms with Crippen molar-refractivity contribution < 1.29 is 9.59 Å².